The van der Waals surface area contributed by atoms with Crippen molar-refractivity contribution in [1.82, 2.24) is 24.6 Å². The molecule has 1 aliphatic rings. The van der Waals surface area contributed by atoms with Crippen LogP contribution in [0.5, 0.6) is 0 Å². The first-order chi connectivity index (χ1) is 18.6. The van der Waals surface area contributed by atoms with Crippen molar-refractivity contribution >= 4 is 34.0 Å². The summed E-state index contributed by atoms with van der Waals surface area (Å²) in [6.45, 7) is 1.83. The number of aromatic nitrogens is 3. The van der Waals surface area contributed by atoms with Crippen LogP contribution in [-0.4, -0.2) is 44.3 Å². The average molecular weight is 505 g/mol. The molecule has 0 spiro atoms. The van der Waals surface area contributed by atoms with Gasteiger partial charge in [0.05, 0.1) is 5.56 Å². The molecule has 1 saturated heterocycles. The lowest BCUT2D eigenvalue weighted by Gasteiger charge is -2.32. The number of carbonyl (C=O) groups is 2. The van der Waals surface area contributed by atoms with Crippen LogP contribution >= 0.6 is 0 Å². The van der Waals surface area contributed by atoms with E-state index < -0.39 is 0 Å². The van der Waals surface area contributed by atoms with E-state index in [1.807, 2.05) is 70.2 Å². The molecule has 2 aromatic carbocycles. The van der Waals surface area contributed by atoms with Crippen molar-refractivity contribution in [2.24, 2.45) is 0 Å². The zero-order chi connectivity index (χ0) is 25.9. The molecule has 0 aliphatic carbocycles. The Morgan fingerprint density at radius 1 is 0.947 bits per heavy atom. The van der Waals surface area contributed by atoms with E-state index in [9.17, 15) is 9.59 Å². The molecule has 6 rings (SSSR count). The van der Waals surface area contributed by atoms with Crippen LogP contribution in [0, 0.1) is 0 Å². The molecule has 1 fully saturated rings. The van der Waals surface area contributed by atoms with Crippen molar-refractivity contribution in [2.45, 2.75) is 25.3 Å². The minimum absolute atomic E-state index is 0.0445. The van der Waals surface area contributed by atoms with Gasteiger partial charge in [-0.25, -0.2) is 9.78 Å². The Bertz CT molecular complexity index is 1600. The molecule has 2 N–H and O–H groups in total. The number of hydrogen-bond acceptors (Lipinski definition) is 4. The molecular formula is C30H28N6O2. The fourth-order valence-electron chi connectivity index (χ4n) is 5.13. The number of fused-ring (bicyclic) bond motifs is 2. The lowest BCUT2D eigenvalue weighted by Crippen LogP contribution is -2.38. The van der Waals surface area contributed by atoms with Crippen LogP contribution < -0.4 is 10.6 Å². The van der Waals surface area contributed by atoms with E-state index in [2.05, 4.69) is 32.7 Å². The Kier molecular flexibility index (Phi) is 6.44. The van der Waals surface area contributed by atoms with Crippen LogP contribution in [0.25, 0.3) is 16.4 Å². The highest BCUT2D eigenvalue weighted by molar-refractivity contribution is 6.06. The van der Waals surface area contributed by atoms with Gasteiger partial charge in [-0.15, -0.1) is 0 Å². The van der Waals surface area contributed by atoms with E-state index in [0.29, 0.717) is 31.1 Å². The average Bonchev–Trinajstić information content (AvgIpc) is 3.44. The van der Waals surface area contributed by atoms with Gasteiger partial charge in [0.15, 0.2) is 0 Å². The topological polar surface area (TPSA) is 91.6 Å². The molecule has 0 bridgehead atoms. The Hall–Kier alpha value is -4.72. The van der Waals surface area contributed by atoms with Crippen molar-refractivity contribution in [1.29, 1.82) is 0 Å². The van der Waals surface area contributed by atoms with Gasteiger partial charge in [0.1, 0.15) is 5.65 Å². The van der Waals surface area contributed by atoms with Gasteiger partial charge in [0.25, 0.3) is 5.91 Å². The van der Waals surface area contributed by atoms with Crippen LogP contribution in [0.2, 0.25) is 0 Å². The standard InChI is InChI=1S/C30H28N6O2/c37-29(27-20-31-19-24-3-1-2-4-26(24)27)36-14-10-23(11-15-36)22-5-7-25(8-6-22)34-30(38)33-18-21-9-13-35-16-12-32-28(35)17-21/h1-9,12-13,16-17,19-20,23H,10-11,14-15,18H2,(H2,33,34,38). The van der Waals surface area contributed by atoms with E-state index in [1.54, 1.807) is 18.6 Å². The number of pyridine rings is 2. The fraction of sp³-hybridized carbons (Fsp3) is 0.200. The molecule has 5 aromatic rings. The highest BCUT2D eigenvalue weighted by atomic mass is 16.2. The summed E-state index contributed by atoms with van der Waals surface area (Å²) in [5.74, 6) is 0.424. The Morgan fingerprint density at radius 3 is 2.61 bits per heavy atom. The number of rotatable bonds is 5. The molecule has 0 radical (unpaired) electrons. The molecule has 38 heavy (non-hydrogen) atoms. The molecule has 1 aliphatic heterocycles. The van der Waals surface area contributed by atoms with E-state index in [4.69, 9.17) is 0 Å². The fourth-order valence-corrected chi connectivity index (χ4v) is 5.13. The SMILES string of the molecule is O=C(NCc1ccn2ccnc2c1)Nc1ccc(C2CCN(C(=O)c3cncc4ccccc34)CC2)cc1. The number of hydrogen-bond donors (Lipinski definition) is 2. The molecule has 3 amide bonds. The molecule has 3 aromatic heterocycles. The zero-order valence-electron chi connectivity index (χ0n) is 20.9. The summed E-state index contributed by atoms with van der Waals surface area (Å²) in [5, 5.41) is 7.72. The summed E-state index contributed by atoms with van der Waals surface area (Å²) < 4.78 is 1.93. The van der Waals surface area contributed by atoms with E-state index in [0.717, 1.165) is 40.5 Å². The van der Waals surface area contributed by atoms with Gasteiger partial charge >= 0.3 is 6.03 Å². The van der Waals surface area contributed by atoms with Crippen LogP contribution in [0.4, 0.5) is 10.5 Å². The Morgan fingerprint density at radius 2 is 1.76 bits per heavy atom. The minimum Gasteiger partial charge on any atom is -0.339 e. The summed E-state index contributed by atoms with van der Waals surface area (Å²) >= 11 is 0. The van der Waals surface area contributed by atoms with Crippen LogP contribution in [0.3, 0.4) is 0 Å². The van der Waals surface area contributed by atoms with Crippen molar-refractivity contribution in [3.63, 3.8) is 0 Å². The maximum absolute atomic E-state index is 13.2. The number of urea groups is 1. The molecule has 190 valence electrons. The van der Waals surface area contributed by atoms with Gasteiger partial charge < -0.3 is 19.9 Å². The molecular weight excluding hydrogens is 476 g/mol. The number of carbonyl (C=O) groups excluding carboxylic acids is 2. The predicted molar refractivity (Wildman–Crippen MR) is 147 cm³/mol. The van der Waals surface area contributed by atoms with Crippen LogP contribution in [0.1, 0.15) is 40.2 Å². The first-order valence-corrected chi connectivity index (χ1v) is 12.8. The van der Waals surface area contributed by atoms with Gasteiger partial charge in [-0.3, -0.25) is 9.78 Å². The molecule has 4 heterocycles. The monoisotopic (exact) mass is 504 g/mol. The number of piperidine rings is 1. The number of nitrogens with zero attached hydrogens (tertiary/aromatic N) is 4. The summed E-state index contributed by atoms with van der Waals surface area (Å²) in [5.41, 5.74) is 4.46. The Balaban J connectivity index is 1.01. The second kappa shape index (κ2) is 10.3. The van der Waals surface area contributed by atoms with Crippen molar-refractivity contribution in [3.05, 3.63) is 108 Å². The minimum atomic E-state index is -0.254. The van der Waals surface area contributed by atoms with Gasteiger partial charge in [0.2, 0.25) is 0 Å². The van der Waals surface area contributed by atoms with Gasteiger partial charge in [-0.2, -0.15) is 0 Å². The second-order valence-corrected chi connectivity index (χ2v) is 9.63. The highest BCUT2D eigenvalue weighted by Crippen LogP contribution is 2.30. The number of anilines is 1. The van der Waals surface area contributed by atoms with Gasteiger partial charge in [-0.1, -0.05) is 36.4 Å². The lowest BCUT2D eigenvalue weighted by molar-refractivity contribution is 0.0714. The number of benzene rings is 2. The number of nitrogens with one attached hydrogen (secondary N) is 2. The largest absolute Gasteiger partial charge is 0.339 e. The summed E-state index contributed by atoms with van der Waals surface area (Å²) in [6.07, 6.45) is 10.8. The number of imidazole rings is 1. The third kappa shape index (κ3) is 4.93. The van der Waals surface area contributed by atoms with E-state index >= 15 is 0 Å². The normalized spacial score (nSPS) is 14.1. The predicted octanol–water partition coefficient (Wildman–Crippen LogP) is 5.22. The second-order valence-electron chi connectivity index (χ2n) is 9.63. The van der Waals surface area contributed by atoms with Crippen molar-refractivity contribution in [2.75, 3.05) is 18.4 Å². The maximum Gasteiger partial charge on any atom is 0.319 e. The zero-order valence-corrected chi connectivity index (χ0v) is 20.9. The molecule has 8 heteroatoms. The quantitative estimate of drug-likeness (QED) is 0.343. The number of amides is 3. The van der Waals surface area contributed by atoms with Crippen molar-refractivity contribution in [3.8, 4) is 0 Å². The van der Waals surface area contributed by atoms with Crippen molar-refractivity contribution < 1.29 is 9.59 Å². The maximum atomic E-state index is 13.2. The van der Waals surface area contributed by atoms with Crippen LogP contribution in [-0.2, 0) is 6.54 Å². The number of likely N-dealkylation sites (tertiary alicyclic amines) is 1. The molecule has 0 atom stereocenters. The molecule has 8 nitrogen and oxygen atoms in total. The lowest BCUT2D eigenvalue weighted by atomic mass is 9.89. The smallest absolute Gasteiger partial charge is 0.319 e. The first-order valence-electron chi connectivity index (χ1n) is 12.8. The van der Waals surface area contributed by atoms with E-state index in [-0.39, 0.29) is 11.9 Å². The third-order valence-electron chi connectivity index (χ3n) is 7.24. The van der Waals surface area contributed by atoms with Gasteiger partial charge in [-0.05, 0) is 59.5 Å². The first kappa shape index (κ1) is 23.7. The third-order valence-corrected chi connectivity index (χ3v) is 7.24. The summed E-state index contributed by atoms with van der Waals surface area (Å²) in [7, 11) is 0. The highest BCUT2D eigenvalue weighted by Gasteiger charge is 2.25. The van der Waals surface area contributed by atoms with E-state index in [1.165, 1.54) is 5.56 Å². The Labute approximate surface area is 220 Å². The molecule has 0 saturated carbocycles. The summed E-state index contributed by atoms with van der Waals surface area (Å²) in [4.78, 5) is 36.1. The van der Waals surface area contributed by atoms with Gasteiger partial charge in [0, 0.05) is 61.7 Å². The summed E-state index contributed by atoms with van der Waals surface area (Å²) in [6, 6.07) is 19.5. The molecule has 0 unspecified atom stereocenters. The van der Waals surface area contributed by atoms with Crippen LogP contribution in [0.15, 0.2) is 91.6 Å².